The zero-order valence-corrected chi connectivity index (χ0v) is 9.63. The van der Waals surface area contributed by atoms with Crippen LogP contribution in [0.25, 0.3) is 0 Å². The Kier molecular flexibility index (Phi) is 4.20. The second-order valence-electron chi connectivity index (χ2n) is 4.53. The standard InChI is InChI=1S/C12H15NO4/c1-12(8-11(14)15,9-13(16)17)7-10-5-3-2-4-6-10/h2-6H,7-9H2,1H3,(H,14,15)/t12-/m0/s1. The first-order chi connectivity index (χ1) is 7.91. The first-order valence-corrected chi connectivity index (χ1v) is 5.29. The van der Waals surface area contributed by atoms with E-state index in [9.17, 15) is 14.9 Å². The zero-order valence-electron chi connectivity index (χ0n) is 9.63. The van der Waals surface area contributed by atoms with E-state index in [2.05, 4.69) is 0 Å². The van der Waals surface area contributed by atoms with Crippen LogP contribution in [0.2, 0.25) is 0 Å². The van der Waals surface area contributed by atoms with Crippen LogP contribution in [0.5, 0.6) is 0 Å². The molecule has 0 fully saturated rings. The Hall–Kier alpha value is -1.91. The van der Waals surface area contributed by atoms with Gasteiger partial charge in [0.05, 0.1) is 6.42 Å². The predicted octanol–water partition coefficient (Wildman–Crippen LogP) is 1.99. The highest BCUT2D eigenvalue weighted by molar-refractivity contribution is 5.67. The highest BCUT2D eigenvalue weighted by Gasteiger charge is 2.33. The van der Waals surface area contributed by atoms with E-state index in [0.29, 0.717) is 6.42 Å². The van der Waals surface area contributed by atoms with Gasteiger partial charge in [0.2, 0.25) is 6.54 Å². The molecule has 1 aromatic carbocycles. The Morgan fingerprint density at radius 1 is 1.41 bits per heavy atom. The third-order valence-corrected chi connectivity index (χ3v) is 2.56. The summed E-state index contributed by atoms with van der Waals surface area (Å²) >= 11 is 0. The minimum absolute atomic E-state index is 0.205. The molecule has 0 aliphatic carbocycles. The van der Waals surface area contributed by atoms with Crippen LogP contribution < -0.4 is 0 Å². The fourth-order valence-electron chi connectivity index (χ4n) is 1.94. The highest BCUT2D eigenvalue weighted by Crippen LogP contribution is 2.27. The normalized spacial score (nSPS) is 13.9. The summed E-state index contributed by atoms with van der Waals surface area (Å²) in [4.78, 5) is 20.9. The van der Waals surface area contributed by atoms with Crippen molar-refractivity contribution in [3.63, 3.8) is 0 Å². The Morgan fingerprint density at radius 2 is 2.00 bits per heavy atom. The monoisotopic (exact) mass is 237 g/mol. The lowest BCUT2D eigenvalue weighted by Crippen LogP contribution is -2.31. The molecule has 1 aromatic rings. The van der Waals surface area contributed by atoms with Crippen molar-refractivity contribution < 1.29 is 14.8 Å². The molecule has 0 aliphatic rings. The van der Waals surface area contributed by atoms with Gasteiger partial charge in [0.15, 0.2) is 0 Å². The van der Waals surface area contributed by atoms with Crippen molar-refractivity contribution in [2.75, 3.05) is 6.54 Å². The fourth-order valence-corrected chi connectivity index (χ4v) is 1.94. The van der Waals surface area contributed by atoms with Crippen molar-refractivity contribution >= 4 is 5.97 Å². The molecule has 0 saturated heterocycles. The van der Waals surface area contributed by atoms with Crippen LogP contribution in [0.15, 0.2) is 30.3 Å². The molecule has 0 saturated carbocycles. The van der Waals surface area contributed by atoms with E-state index < -0.39 is 16.3 Å². The summed E-state index contributed by atoms with van der Waals surface area (Å²) in [7, 11) is 0. The molecule has 1 rings (SSSR count). The van der Waals surface area contributed by atoms with Crippen molar-refractivity contribution in [3.05, 3.63) is 46.0 Å². The van der Waals surface area contributed by atoms with Crippen LogP contribution in [0.4, 0.5) is 0 Å². The number of hydrogen-bond acceptors (Lipinski definition) is 3. The van der Waals surface area contributed by atoms with E-state index in [-0.39, 0.29) is 13.0 Å². The maximum absolute atomic E-state index is 10.8. The van der Waals surface area contributed by atoms with Crippen LogP contribution in [0, 0.1) is 15.5 Å². The van der Waals surface area contributed by atoms with E-state index >= 15 is 0 Å². The van der Waals surface area contributed by atoms with Gasteiger partial charge in [0.1, 0.15) is 0 Å². The van der Waals surface area contributed by atoms with Gasteiger partial charge in [-0.1, -0.05) is 37.3 Å². The second kappa shape index (κ2) is 5.43. The Bertz CT molecular complexity index is 386. The van der Waals surface area contributed by atoms with Gasteiger partial charge in [-0.05, 0) is 12.0 Å². The van der Waals surface area contributed by atoms with Gasteiger partial charge in [-0.15, -0.1) is 0 Å². The van der Waals surface area contributed by atoms with E-state index in [1.165, 1.54) is 0 Å². The Morgan fingerprint density at radius 3 is 2.47 bits per heavy atom. The number of nitro groups is 1. The van der Waals surface area contributed by atoms with Crippen molar-refractivity contribution in [2.45, 2.75) is 19.8 Å². The summed E-state index contributed by atoms with van der Waals surface area (Å²) in [6.45, 7) is 1.30. The Labute approximate surface area is 99.2 Å². The van der Waals surface area contributed by atoms with Gasteiger partial charge >= 0.3 is 5.97 Å². The van der Waals surface area contributed by atoms with E-state index in [1.54, 1.807) is 6.92 Å². The maximum Gasteiger partial charge on any atom is 0.304 e. The third-order valence-electron chi connectivity index (χ3n) is 2.56. The quantitative estimate of drug-likeness (QED) is 0.606. The highest BCUT2D eigenvalue weighted by atomic mass is 16.6. The van der Waals surface area contributed by atoms with Gasteiger partial charge < -0.3 is 5.11 Å². The summed E-state index contributed by atoms with van der Waals surface area (Å²) in [5.74, 6) is -1.01. The number of carbonyl (C=O) groups is 1. The molecule has 0 aliphatic heterocycles. The van der Waals surface area contributed by atoms with Crippen molar-refractivity contribution in [3.8, 4) is 0 Å². The molecule has 5 nitrogen and oxygen atoms in total. The largest absolute Gasteiger partial charge is 0.481 e. The van der Waals surface area contributed by atoms with E-state index in [4.69, 9.17) is 5.11 Å². The summed E-state index contributed by atoms with van der Waals surface area (Å²) < 4.78 is 0. The molecule has 0 heterocycles. The first-order valence-electron chi connectivity index (χ1n) is 5.29. The average molecular weight is 237 g/mol. The lowest BCUT2D eigenvalue weighted by molar-refractivity contribution is -0.496. The summed E-state index contributed by atoms with van der Waals surface area (Å²) in [6, 6.07) is 9.22. The Balaban J connectivity index is 2.83. The topological polar surface area (TPSA) is 80.4 Å². The minimum Gasteiger partial charge on any atom is -0.481 e. The molecule has 92 valence electrons. The molecule has 0 spiro atoms. The predicted molar refractivity (Wildman–Crippen MR) is 62.4 cm³/mol. The minimum atomic E-state index is -1.01. The van der Waals surface area contributed by atoms with Crippen LogP contribution >= 0.6 is 0 Å². The van der Waals surface area contributed by atoms with Crippen LogP contribution in [0.3, 0.4) is 0 Å². The van der Waals surface area contributed by atoms with Crippen LogP contribution in [0.1, 0.15) is 18.9 Å². The maximum atomic E-state index is 10.8. The van der Waals surface area contributed by atoms with Crippen LogP contribution in [-0.2, 0) is 11.2 Å². The van der Waals surface area contributed by atoms with Gasteiger partial charge in [-0.25, -0.2) is 0 Å². The van der Waals surface area contributed by atoms with Crippen molar-refractivity contribution in [1.29, 1.82) is 0 Å². The molecular formula is C12H15NO4. The number of carboxylic acid groups (broad SMARTS) is 1. The number of carboxylic acids is 1. The van der Waals surface area contributed by atoms with Gasteiger partial charge in [-0.2, -0.15) is 0 Å². The number of nitrogens with zero attached hydrogens (tertiary/aromatic N) is 1. The van der Waals surface area contributed by atoms with Crippen LogP contribution in [-0.4, -0.2) is 22.5 Å². The van der Waals surface area contributed by atoms with Gasteiger partial charge in [-0.3, -0.25) is 14.9 Å². The molecule has 0 unspecified atom stereocenters. The van der Waals surface area contributed by atoms with Gasteiger partial charge in [0, 0.05) is 10.3 Å². The zero-order chi connectivity index (χ0) is 12.9. The lowest BCUT2D eigenvalue weighted by atomic mass is 9.80. The lowest BCUT2D eigenvalue weighted by Gasteiger charge is -2.23. The number of benzene rings is 1. The molecule has 0 amide bonds. The average Bonchev–Trinajstić information content (AvgIpc) is 2.15. The van der Waals surface area contributed by atoms with Gasteiger partial charge in [0.25, 0.3) is 0 Å². The third kappa shape index (κ3) is 4.63. The molecule has 0 aromatic heterocycles. The number of hydrogen-bond donors (Lipinski definition) is 1. The van der Waals surface area contributed by atoms with Crippen molar-refractivity contribution in [1.82, 2.24) is 0 Å². The van der Waals surface area contributed by atoms with E-state index in [0.717, 1.165) is 5.56 Å². The summed E-state index contributed by atoms with van der Waals surface area (Å²) in [5.41, 5.74) is 0.0644. The molecule has 1 N–H and O–H groups in total. The molecule has 17 heavy (non-hydrogen) atoms. The molecular weight excluding hydrogens is 222 g/mol. The van der Waals surface area contributed by atoms with Crippen molar-refractivity contribution in [2.24, 2.45) is 5.41 Å². The first kappa shape index (κ1) is 13.2. The number of rotatable bonds is 6. The summed E-state index contributed by atoms with van der Waals surface area (Å²) in [6.07, 6.45) is 0.185. The van der Waals surface area contributed by atoms with E-state index in [1.807, 2.05) is 30.3 Å². The molecule has 5 heteroatoms. The summed E-state index contributed by atoms with van der Waals surface area (Å²) in [5, 5.41) is 19.4. The smallest absolute Gasteiger partial charge is 0.304 e. The second-order valence-corrected chi connectivity index (χ2v) is 4.53. The SMILES string of the molecule is C[C@@](CC(=O)O)(Cc1ccccc1)C[N+](=O)[O-]. The molecule has 0 radical (unpaired) electrons. The molecule has 0 bridgehead atoms. The molecule has 1 atom stereocenters. The fraction of sp³-hybridized carbons (Fsp3) is 0.417. The number of aliphatic carboxylic acids is 1.